The van der Waals surface area contributed by atoms with Crippen LogP contribution in [0.5, 0.6) is 0 Å². The summed E-state index contributed by atoms with van der Waals surface area (Å²) in [5, 5.41) is -0.139. The molecule has 0 heterocycles. The number of rotatable bonds is 4. The van der Waals surface area contributed by atoms with Crippen molar-refractivity contribution in [1.29, 1.82) is 0 Å². The van der Waals surface area contributed by atoms with E-state index in [1.54, 1.807) is 0 Å². The summed E-state index contributed by atoms with van der Waals surface area (Å²) in [6.45, 7) is 9.38. The van der Waals surface area contributed by atoms with Crippen LogP contribution in [-0.4, -0.2) is 28.6 Å². The lowest BCUT2D eigenvalue weighted by atomic mass is 10.2. The number of thioether (sulfide) groups is 1. The fraction of sp³-hybridized carbons (Fsp3) is 0.900. The van der Waals surface area contributed by atoms with E-state index in [2.05, 4.69) is 0 Å². The van der Waals surface area contributed by atoms with Crippen LogP contribution in [0, 0.1) is 0 Å². The summed E-state index contributed by atoms with van der Waals surface area (Å²) in [6, 6.07) is 0.116. The Morgan fingerprint density at radius 2 is 1.93 bits per heavy atom. The first kappa shape index (κ1) is 13.8. The average Bonchev–Trinajstić information content (AvgIpc) is 1.96. The summed E-state index contributed by atoms with van der Waals surface area (Å²) in [6.07, 6.45) is 0. The molecule has 0 aromatic heterocycles. The molecule has 0 saturated carbocycles. The molecule has 4 heteroatoms. The number of carbonyl (C=O) groups excluding carboxylic acids is 1. The molecule has 0 aromatic carbocycles. The van der Waals surface area contributed by atoms with Crippen LogP contribution in [0.1, 0.15) is 34.6 Å². The van der Waals surface area contributed by atoms with E-state index >= 15 is 0 Å². The van der Waals surface area contributed by atoms with Crippen LogP contribution in [0.2, 0.25) is 0 Å². The molecule has 0 aliphatic rings. The van der Waals surface area contributed by atoms with Crippen molar-refractivity contribution < 1.29 is 9.53 Å². The van der Waals surface area contributed by atoms with Gasteiger partial charge in [0.2, 0.25) is 0 Å². The van der Waals surface area contributed by atoms with Crippen LogP contribution in [0.25, 0.3) is 0 Å². The monoisotopic (exact) mass is 219 g/mol. The fourth-order valence-electron chi connectivity index (χ4n) is 0.749. The maximum atomic E-state index is 11.5. The Balaban J connectivity index is 3.88. The Morgan fingerprint density at radius 1 is 1.43 bits per heavy atom. The van der Waals surface area contributed by atoms with Gasteiger partial charge < -0.3 is 10.5 Å². The van der Waals surface area contributed by atoms with E-state index in [4.69, 9.17) is 10.5 Å². The molecule has 0 aliphatic heterocycles. The highest BCUT2D eigenvalue weighted by atomic mass is 32.2. The van der Waals surface area contributed by atoms with Crippen molar-refractivity contribution in [3.63, 3.8) is 0 Å². The minimum atomic E-state index is -0.403. The molecule has 2 atom stereocenters. The quantitative estimate of drug-likeness (QED) is 0.733. The van der Waals surface area contributed by atoms with Crippen LogP contribution < -0.4 is 5.73 Å². The molecule has 0 amide bonds. The maximum absolute atomic E-state index is 11.5. The molecule has 2 N–H and O–H groups in total. The number of ether oxygens (including phenoxy) is 1. The van der Waals surface area contributed by atoms with Crippen LogP contribution in [0.3, 0.4) is 0 Å². The molecule has 0 fully saturated rings. The summed E-state index contributed by atoms with van der Waals surface area (Å²) in [7, 11) is 0. The normalized spacial score (nSPS) is 16.1. The predicted octanol–water partition coefficient (Wildman–Crippen LogP) is 1.80. The Kier molecular flexibility index (Phi) is 5.52. The summed E-state index contributed by atoms with van der Waals surface area (Å²) >= 11 is 1.53. The van der Waals surface area contributed by atoms with Gasteiger partial charge in [0, 0.05) is 11.8 Å². The second-order valence-electron chi connectivity index (χ2n) is 4.49. The van der Waals surface area contributed by atoms with Crippen molar-refractivity contribution in [2.45, 2.75) is 51.5 Å². The predicted molar refractivity (Wildman–Crippen MR) is 61.4 cm³/mol. The summed E-state index contributed by atoms with van der Waals surface area (Å²) in [5.74, 6) is 0.614. The molecule has 2 unspecified atom stereocenters. The molecular formula is C10H21NO2S. The highest BCUT2D eigenvalue weighted by molar-refractivity contribution is 8.00. The lowest BCUT2D eigenvalue weighted by Gasteiger charge is -2.22. The number of hydrogen-bond donors (Lipinski definition) is 1. The fourth-order valence-corrected chi connectivity index (χ4v) is 1.53. The first-order valence-electron chi connectivity index (χ1n) is 4.82. The molecule has 14 heavy (non-hydrogen) atoms. The molecule has 0 spiro atoms. The number of carbonyl (C=O) groups is 1. The third-order valence-corrected chi connectivity index (χ3v) is 2.76. The van der Waals surface area contributed by atoms with E-state index in [1.807, 2.05) is 34.6 Å². The molecule has 84 valence electrons. The van der Waals surface area contributed by atoms with E-state index in [-0.39, 0.29) is 17.3 Å². The Labute approximate surface area is 90.8 Å². The van der Waals surface area contributed by atoms with Gasteiger partial charge in [0.25, 0.3) is 0 Å². The van der Waals surface area contributed by atoms with Gasteiger partial charge in [-0.25, -0.2) is 0 Å². The largest absolute Gasteiger partial charge is 0.459 e. The highest BCUT2D eigenvalue weighted by Crippen LogP contribution is 2.16. The van der Waals surface area contributed by atoms with Gasteiger partial charge in [-0.05, 0) is 34.6 Å². The van der Waals surface area contributed by atoms with Crippen molar-refractivity contribution in [2.75, 3.05) is 5.75 Å². The Hall–Kier alpha value is -0.220. The van der Waals surface area contributed by atoms with Gasteiger partial charge in [0.1, 0.15) is 5.60 Å². The number of nitrogens with two attached hydrogens (primary N) is 1. The minimum Gasteiger partial charge on any atom is -0.459 e. The van der Waals surface area contributed by atoms with E-state index in [1.165, 1.54) is 11.8 Å². The molecule has 0 aromatic rings. The first-order valence-corrected chi connectivity index (χ1v) is 5.87. The van der Waals surface area contributed by atoms with Gasteiger partial charge in [-0.2, -0.15) is 0 Å². The van der Waals surface area contributed by atoms with E-state index in [0.29, 0.717) is 0 Å². The minimum absolute atomic E-state index is 0.116. The van der Waals surface area contributed by atoms with Crippen LogP contribution in [-0.2, 0) is 9.53 Å². The van der Waals surface area contributed by atoms with E-state index in [9.17, 15) is 4.79 Å². The summed E-state index contributed by atoms with van der Waals surface area (Å²) in [4.78, 5) is 11.5. The molecule has 0 saturated heterocycles. The zero-order valence-electron chi connectivity index (χ0n) is 9.66. The van der Waals surface area contributed by atoms with Crippen LogP contribution >= 0.6 is 11.8 Å². The lowest BCUT2D eigenvalue weighted by Crippen LogP contribution is -2.30. The average molecular weight is 219 g/mol. The van der Waals surface area contributed by atoms with Gasteiger partial charge in [-0.1, -0.05) is 0 Å². The van der Waals surface area contributed by atoms with Gasteiger partial charge in [0.05, 0.1) is 5.25 Å². The SMILES string of the molecule is CC(N)CSC(C)C(=O)OC(C)(C)C. The summed E-state index contributed by atoms with van der Waals surface area (Å²) in [5.41, 5.74) is 5.19. The standard InChI is InChI=1S/C10H21NO2S/c1-7(11)6-14-8(2)9(12)13-10(3,4)5/h7-8H,6,11H2,1-5H3. The number of esters is 1. The van der Waals surface area contributed by atoms with Crippen molar-refractivity contribution in [1.82, 2.24) is 0 Å². The van der Waals surface area contributed by atoms with Gasteiger partial charge in [0.15, 0.2) is 0 Å². The number of hydrogen-bond acceptors (Lipinski definition) is 4. The van der Waals surface area contributed by atoms with E-state index < -0.39 is 5.60 Å². The van der Waals surface area contributed by atoms with E-state index in [0.717, 1.165) is 5.75 Å². The first-order chi connectivity index (χ1) is 6.22. The maximum Gasteiger partial charge on any atom is 0.319 e. The Morgan fingerprint density at radius 3 is 2.29 bits per heavy atom. The van der Waals surface area contributed by atoms with Crippen molar-refractivity contribution in [2.24, 2.45) is 5.73 Å². The molecular weight excluding hydrogens is 198 g/mol. The lowest BCUT2D eigenvalue weighted by molar-refractivity contribution is -0.153. The van der Waals surface area contributed by atoms with Crippen molar-refractivity contribution in [3.05, 3.63) is 0 Å². The topological polar surface area (TPSA) is 52.3 Å². The van der Waals surface area contributed by atoms with Crippen LogP contribution in [0.15, 0.2) is 0 Å². The zero-order valence-corrected chi connectivity index (χ0v) is 10.5. The molecule has 0 radical (unpaired) electrons. The third-order valence-electron chi connectivity index (χ3n) is 1.35. The molecule has 0 rings (SSSR count). The highest BCUT2D eigenvalue weighted by Gasteiger charge is 2.21. The molecule has 0 bridgehead atoms. The third kappa shape index (κ3) is 7.21. The smallest absolute Gasteiger partial charge is 0.319 e. The molecule has 0 aliphatic carbocycles. The van der Waals surface area contributed by atoms with Gasteiger partial charge in [-0.3, -0.25) is 4.79 Å². The van der Waals surface area contributed by atoms with Gasteiger partial charge in [-0.15, -0.1) is 11.8 Å². The Bertz CT molecular complexity index is 187. The van der Waals surface area contributed by atoms with Gasteiger partial charge >= 0.3 is 5.97 Å². The van der Waals surface area contributed by atoms with Crippen molar-refractivity contribution >= 4 is 17.7 Å². The summed E-state index contributed by atoms with van der Waals surface area (Å²) < 4.78 is 5.23. The van der Waals surface area contributed by atoms with Crippen molar-refractivity contribution in [3.8, 4) is 0 Å². The molecule has 3 nitrogen and oxygen atoms in total. The second-order valence-corrected chi connectivity index (χ2v) is 5.86. The zero-order chi connectivity index (χ0) is 11.4. The van der Waals surface area contributed by atoms with Crippen LogP contribution in [0.4, 0.5) is 0 Å². The second kappa shape index (κ2) is 5.61.